The molecule has 1 heterocycles. The number of carbonyl (C=O) groups is 1. The molecular formula is C33H39NO4S. The summed E-state index contributed by atoms with van der Waals surface area (Å²) in [4.78, 5) is 14.7. The number of rotatable bonds is 14. The predicted octanol–water partition coefficient (Wildman–Crippen LogP) is 7.12. The summed E-state index contributed by atoms with van der Waals surface area (Å²) in [5.41, 5.74) is 4.85. The van der Waals surface area contributed by atoms with E-state index in [1.54, 1.807) is 18.7 Å². The fourth-order valence-corrected chi connectivity index (χ4v) is 5.56. The standard InChI is InChI=1S/C33H39NO4S/c1-25(33(35)36)18-22-37-29-14-10-26(11-15-29)24-31(27-8-4-3-5-9-27)32(39-2)28-12-16-30(17-13-28)38-23-21-34-19-6-7-20-34/h3-5,8-17,25H,6-7,18-24H2,1-2H3,(H,35,36)/b32-31-. The Hall–Kier alpha value is -3.22. The quantitative estimate of drug-likeness (QED) is 0.218. The van der Waals surface area contributed by atoms with Gasteiger partial charge in [0.15, 0.2) is 0 Å². The molecule has 1 N–H and O–H groups in total. The number of benzene rings is 3. The molecule has 3 aromatic carbocycles. The Morgan fingerprint density at radius 2 is 1.49 bits per heavy atom. The molecule has 6 heteroatoms. The van der Waals surface area contributed by atoms with E-state index in [0.29, 0.717) is 13.0 Å². The molecule has 1 aliphatic rings. The Labute approximate surface area is 236 Å². The number of hydrogen-bond donors (Lipinski definition) is 1. The summed E-state index contributed by atoms with van der Waals surface area (Å²) >= 11 is 1.76. The van der Waals surface area contributed by atoms with Crippen LogP contribution < -0.4 is 9.47 Å². The number of thioether (sulfide) groups is 1. The van der Waals surface area contributed by atoms with Crippen LogP contribution in [0.4, 0.5) is 0 Å². The lowest BCUT2D eigenvalue weighted by Gasteiger charge is -2.17. The Bertz CT molecular complexity index is 1200. The molecule has 0 bridgehead atoms. The van der Waals surface area contributed by atoms with Crippen molar-refractivity contribution in [1.29, 1.82) is 0 Å². The van der Waals surface area contributed by atoms with Crippen molar-refractivity contribution in [2.45, 2.75) is 32.6 Å². The van der Waals surface area contributed by atoms with Crippen LogP contribution in [-0.4, -0.2) is 55.1 Å². The van der Waals surface area contributed by atoms with Crippen molar-refractivity contribution in [3.63, 3.8) is 0 Å². The predicted molar refractivity (Wildman–Crippen MR) is 161 cm³/mol. The molecule has 1 saturated heterocycles. The third kappa shape index (κ3) is 8.64. The average molecular weight is 546 g/mol. The van der Waals surface area contributed by atoms with Gasteiger partial charge in [-0.2, -0.15) is 0 Å². The van der Waals surface area contributed by atoms with Crippen LogP contribution in [0.2, 0.25) is 0 Å². The summed E-state index contributed by atoms with van der Waals surface area (Å²) in [5.74, 6) is 0.460. The molecule has 1 unspecified atom stereocenters. The van der Waals surface area contributed by atoms with E-state index >= 15 is 0 Å². The Kier molecular flexibility index (Phi) is 10.9. The third-order valence-electron chi connectivity index (χ3n) is 7.14. The summed E-state index contributed by atoms with van der Waals surface area (Å²) < 4.78 is 11.8. The topological polar surface area (TPSA) is 59.0 Å². The van der Waals surface area contributed by atoms with Crippen molar-refractivity contribution in [1.82, 2.24) is 4.90 Å². The number of nitrogens with zero attached hydrogens (tertiary/aromatic N) is 1. The van der Waals surface area contributed by atoms with Crippen LogP contribution in [0.5, 0.6) is 11.5 Å². The second-order valence-corrected chi connectivity index (χ2v) is 10.8. The van der Waals surface area contributed by atoms with E-state index in [1.165, 1.54) is 53.1 Å². The minimum atomic E-state index is -0.793. The van der Waals surface area contributed by atoms with Crippen molar-refractivity contribution in [2.24, 2.45) is 5.92 Å². The third-order valence-corrected chi connectivity index (χ3v) is 8.03. The zero-order valence-electron chi connectivity index (χ0n) is 23.0. The molecule has 1 aliphatic heterocycles. The number of likely N-dealkylation sites (tertiary alicyclic amines) is 1. The van der Waals surface area contributed by atoms with E-state index < -0.39 is 11.9 Å². The van der Waals surface area contributed by atoms with Crippen LogP contribution in [-0.2, 0) is 11.2 Å². The van der Waals surface area contributed by atoms with Crippen LogP contribution in [0.1, 0.15) is 42.9 Å². The zero-order chi connectivity index (χ0) is 27.5. The van der Waals surface area contributed by atoms with Gasteiger partial charge in [-0.3, -0.25) is 9.69 Å². The van der Waals surface area contributed by atoms with E-state index in [4.69, 9.17) is 14.6 Å². The maximum Gasteiger partial charge on any atom is 0.306 e. The van der Waals surface area contributed by atoms with E-state index in [-0.39, 0.29) is 0 Å². The molecule has 0 aromatic heterocycles. The van der Waals surface area contributed by atoms with Gasteiger partial charge in [0.1, 0.15) is 18.1 Å². The van der Waals surface area contributed by atoms with Gasteiger partial charge in [0.25, 0.3) is 0 Å². The van der Waals surface area contributed by atoms with E-state index in [1.807, 2.05) is 18.2 Å². The highest BCUT2D eigenvalue weighted by molar-refractivity contribution is 8.07. The molecule has 5 nitrogen and oxygen atoms in total. The molecule has 39 heavy (non-hydrogen) atoms. The molecule has 1 fully saturated rings. The van der Waals surface area contributed by atoms with Gasteiger partial charge in [0.2, 0.25) is 0 Å². The average Bonchev–Trinajstić information content (AvgIpc) is 3.48. The molecule has 0 radical (unpaired) electrons. The number of allylic oxidation sites excluding steroid dienone is 1. The van der Waals surface area contributed by atoms with Crippen molar-refractivity contribution in [3.8, 4) is 11.5 Å². The van der Waals surface area contributed by atoms with Crippen molar-refractivity contribution >= 4 is 28.2 Å². The maximum absolute atomic E-state index is 11.0. The number of carboxylic acids is 1. The van der Waals surface area contributed by atoms with E-state index in [2.05, 4.69) is 71.8 Å². The van der Waals surface area contributed by atoms with Gasteiger partial charge >= 0.3 is 5.97 Å². The van der Waals surface area contributed by atoms with Crippen LogP contribution in [0, 0.1) is 5.92 Å². The highest BCUT2D eigenvalue weighted by Gasteiger charge is 2.14. The van der Waals surface area contributed by atoms with Crippen molar-refractivity contribution in [3.05, 3.63) is 95.6 Å². The number of aliphatic carboxylic acids is 1. The molecule has 0 aliphatic carbocycles. The lowest BCUT2D eigenvalue weighted by atomic mass is 9.95. The largest absolute Gasteiger partial charge is 0.494 e. The van der Waals surface area contributed by atoms with Gasteiger partial charge in [-0.15, -0.1) is 11.8 Å². The SMILES string of the molecule is CS/C(=C(/Cc1ccc(OCCC(C)C(=O)O)cc1)c1ccccc1)c1ccc(OCCN2CCCC2)cc1. The first-order chi connectivity index (χ1) is 19.0. The first kappa shape index (κ1) is 28.8. The molecule has 1 atom stereocenters. The van der Waals surface area contributed by atoms with Gasteiger partial charge in [-0.05, 0) is 91.6 Å². The van der Waals surface area contributed by atoms with Crippen molar-refractivity contribution < 1.29 is 19.4 Å². The highest BCUT2D eigenvalue weighted by atomic mass is 32.2. The van der Waals surface area contributed by atoms with Crippen LogP contribution in [0.15, 0.2) is 78.9 Å². The first-order valence-electron chi connectivity index (χ1n) is 13.8. The lowest BCUT2D eigenvalue weighted by molar-refractivity contribution is -0.141. The molecule has 0 amide bonds. The molecule has 3 aromatic rings. The smallest absolute Gasteiger partial charge is 0.306 e. The molecule has 4 rings (SSSR count). The summed E-state index contributed by atoms with van der Waals surface area (Å²) in [6, 6.07) is 27.2. The Morgan fingerprint density at radius 1 is 0.872 bits per heavy atom. The van der Waals surface area contributed by atoms with Crippen molar-refractivity contribution in [2.75, 3.05) is 39.1 Å². The normalized spacial score (nSPS) is 15.0. The van der Waals surface area contributed by atoms with Crippen LogP contribution in [0.3, 0.4) is 0 Å². The fraction of sp³-hybridized carbons (Fsp3) is 0.364. The summed E-state index contributed by atoms with van der Waals surface area (Å²) in [6.07, 6.45) is 6.00. The van der Waals surface area contributed by atoms with Gasteiger partial charge < -0.3 is 14.6 Å². The first-order valence-corrected chi connectivity index (χ1v) is 15.0. The Balaban J connectivity index is 1.47. The molecule has 0 saturated carbocycles. The van der Waals surface area contributed by atoms with Crippen LogP contribution >= 0.6 is 11.8 Å². The second-order valence-electron chi connectivity index (χ2n) is 10.00. The summed E-state index contributed by atoms with van der Waals surface area (Å²) in [6.45, 7) is 6.17. The molecular weight excluding hydrogens is 506 g/mol. The zero-order valence-corrected chi connectivity index (χ0v) is 23.8. The number of ether oxygens (including phenoxy) is 2. The minimum absolute atomic E-state index is 0.385. The van der Waals surface area contributed by atoms with Crippen LogP contribution in [0.25, 0.3) is 10.5 Å². The summed E-state index contributed by atoms with van der Waals surface area (Å²) in [5, 5.41) is 9.06. The van der Waals surface area contributed by atoms with Gasteiger partial charge in [0, 0.05) is 11.4 Å². The van der Waals surface area contributed by atoms with E-state index in [0.717, 1.165) is 31.1 Å². The number of carboxylic acid groups (broad SMARTS) is 1. The number of hydrogen-bond acceptors (Lipinski definition) is 5. The monoisotopic (exact) mass is 545 g/mol. The van der Waals surface area contributed by atoms with Gasteiger partial charge in [-0.25, -0.2) is 0 Å². The maximum atomic E-state index is 11.0. The highest BCUT2D eigenvalue weighted by Crippen LogP contribution is 2.37. The lowest BCUT2D eigenvalue weighted by Crippen LogP contribution is -2.25. The molecule has 206 valence electrons. The van der Waals surface area contributed by atoms with Gasteiger partial charge in [0.05, 0.1) is 12.5 Å². The van der Waals surface area contributed by atoms with E-state index in [9.17, 15) is 4.79 Å². The summed E-state index contributed by atoms with van der Waals surface area (Å²) in [7, 11) is 0. The Morgan fingerprint density at radius 3 is 2.10 bits per heavy atom. The molecule has 0 spiro atoms. The minimum Gasteiger partial charge on any atom is -0.494 e. The fourth-order valence-electron chi connectivity index (χ4n) is 4.75. The van der Waals surface area contributed by atoms with Gasteiger partial charge in [-0.1, -0.05) is 61.5 Å². The second kappa shape index (κ2) is 14.8.